The molecule has 4 heteroatoms. The first-order chi connectivity index (χ1) is 8.75. The average Bonchev–Trinajstić information content (AvgIpc) is 2.66. The van der Waals surface area contributed by atoms with E-state index in [9.17, 15) is 0 Å². The van der Waals surface area contributed by atoms with Gasteiger partial charge in [-0.15, -0.1) is 0 Å². The lowest BCUT2D eigenvalue weighted by Gasteiger charge is -2.37. The normalized spacial score (nSPS) is 25.5. The number of thioether (sulfide) groups is 2. The van der Waals surface area contributed by atoms with E-state index in [0.717, 1.165) is 18.6 Å². The van der Waals surface area contributed by atoms with Crippen molar-refractivity contribution in [3.63, 3.8) is 0 Å². The van der Waals surface area contributed by atoms with Crippen LogP contribution in [0.1, 0.15) is 26.7 Å². The van der Waals surface area contributed by atoms with E-state index in [2.05, 4.69) is 42.3 Å². The maximum Gasteiger partial charge on any atom is 0.0519 e. The Morgan fingerprint density at radius 2 is 1.72 bits per heavy atom. The molecule has 0 atom stereocenters. The van der Waals surface area contributed by atoms with Crippen molar-refractivity contribution in [2.45, 2.75) is 38.8 Å². The number of hydrogen-bond acceptors (Lipinski definition) is 4. The number of ether oxygens (including phenoxy) is 1. The lowest BCUT2D eigenvalue weighted by molar-refractivity contribution is 0.0271. The number of rotatable bonds is 4. The van der Waals surface area contributed by atoms with Gasteiger partial charge in [0, 0.05) is 35.7 Å². The van der Waals surface area contributed by atoms with E-state index >= 15 is 0 Å². The molecular weight excluding hydrogens is 262 g/mol. The molecule has 2 heterocycles. The number of likely N-dealkylation sites (tertiary alicyclic amines) is 1. The van der Waals surface area contributed by atoms with Crippen LogP contribution in [0.4, 0.5) is 0 Å². The van der Waals surface area contributed by atoms with E-state index in [0.29, 0.717) is 6.10 Å². The standard InChI is InChI=1S/C14H27NOS2/c1-12(2)16-9-13-3-5-15(6-4-13)14-10-17-7-8-18-11-14/h12-14H,3-11H2,1-2H3. The second-order valence-corrected chi connectivity index (χ2v) is 7.96. The van der Waals surface area contributed by atoms with E-state index in [1.165, 1.54) is 48.9 Å². The van der Waals surface area contributed by atoms with E-state index in [-0.39, 0.29) is 0 Å². The molecule has 0 unspecified atom stereocenters. The van der Waals surface area contributed by atoms with Crippen molar-refractivity contribution in [1.82, 2.24) is 4.90 Å². The molecule has 2 nitrogen and oxygen atoms in total. The summed E-state index contributed by atoms with van der Waals surface area (Å²) in [6.45, 7) is 7.82. The maximum absolute atomic E-state index is 5.76. The minimum absolute atomic E-state index is 0.387. The fourth-order valence-corrected chi connectivity index (χ4v) is 5.26. The van der Waals surface area contributed by atoms with Gasteiger partial charge in [0.05, 0.1) is 6.10 Å². The highest BCUT2D eigenvalue weighted by atomic mass is 32.2. The predicted octanol–water partition coefficient (Wildman–Crippen LogP) is 2.97. The molecule has 2 aliphatic rings. The van der Waals surface area contributed by atoms with Gasteiger partial charge in [0.15, 0.2) is 0 Å². The van der Waals surface area contributed by atoms with Crippen molar-refractivity contribution in [1.29, 1.82) is 0 Å². The minimum atomic E-state index is 0.387. The fourth-order valence-electron chi connectivity index (χ4n) is 2.63. The molecule has 0 aromatic carbocycles. The summed E-state index contributed by atoms with van der Waals surface area (Å²) in [5.41, 5.74) is 0. The molecule has 0 aliphatic carbocycles. The molecule has 0 bridgehead atoms. The summed E-state index contributed by atoms with van der Waals surface area (Å²) < 4.78 is 5.76. The lowest BCUT2D eigenvalue weighted by Crippen LogP contribution is -2.44. The fraction of sp³-hybridized carbons (Fsp3) is 1.00. The highest BCUT2D eigenvalue weighted by Gasteiger charge is 2.26. The van der Waals surface area contributed by atoms with E-state index in [4.69, 9.17) is 4.74 Å². The average molecular weight is 290 g/mol. The van der Waals surface area contributed by atoms with Crippen LogP contribution in [0.5, 0.6) is 0 Å². The van der Waals surface area contributed by atoms with Crippen LogP contribution >= 0.6 is 23.5 Å². The van der Waals surface area contributed by atoms with Crippen LogP contribution in [0.3, 0.4) is 0 Å². The Morgan fingerprint density at radius 3 is 2.28 bits per heavy atom. The summed E-state index contributed by atoms with van der Waals surface area (Å²) in [5, 5.41) is 0. The van der Waals surface area contributed by atoms with Gasteiger partial charge in [-0.3, -0.25) is 4.90 Å². The van der Waals surface area contributed by atoms with Crippen molar-refractivity contribution < 1.29 is 4.74 Å². The van der Waals surface area contributed by atoms with Crippen LogP contribution in [0.15, 0.2) is 0 Å². The van der Waals surface area contributed by atoms with Crippen molar-refractivity contribution >= 4 is 23.5 Å². The molecule has 0 spiro atoms. The van der Waals surface area contributed by atoms with Gasteiger partial charge in [-0.25, -0.2) is 0 Å². The van der Waals surface area contributed by atoms with Crippen LogP contribution in [-0.4, -0.2) is 59.8 Å². The van der Waals surface area contributed by atoms with Crippen molar-refractivity contribution in [3.8, 4) is 0 Å². The second kappa shape index (κ2) is 8.03. The molecule has 0 radical (unpaired) electrons. The Bertz CT molecular complexity index is 222. The molecule has 0 aromatic heterocycles. The molecule has 0 saturated carbocycles. The van der Waals surface area contributed by atoms with Crippen LogP contribution in [-0.2, 0) is 4.74 Å². The summed E-state index contributed by atoms with van der Waals surface area (Å²) in [6.07, 6.45) is 3.05. The highest BCUT2D eigenvalue weighted by molar-refractivity contribution is 8.03. The predicted molar refractivity (Wildman–Crippen MR) is 83.8 cm³/mol. The summed E-state index contributed by atoms with van der Waals surface area (Å²) in [7, 11) is 0. The minimum Gasteiger partial charge on any atom is -0.379 e. The number of piperidine rings is 1. The number of hydrogen-bond donors (Lipinski definition) is 0. The third-order valence-electron chi connectivity index (χ3n) is 3.82. The summed E-state index contributed by atoms with van der Waals surface area (Å²) in [4.78, 5) is 2.73. The Hall–Kier alpha value is 0.620. The van der Waals surface area contributed by atoms with Crippen molar-refractivity contribution in [3.05, 3.63) is 0 Å². The monoisotopic (exact) mass is 289 g/mol. The van der Waals surface area contributed by atoms with Gasteiger partial charge in [-0.05, 0) is 45.7 Å². The lowest BCUT2D eigenvalue weighted by atomic mass is 9.97. The molecule has 0 amide bonds. The van der Waals surface area contributed by atoms with Crippen molar-refractivity contribution in [2.75, 3.05) is 42.7 Å². The highest BCUT2D eigenvalue weighted by Crippen LogP contribution is 2.25. The number of nitrogens with zero attached hydrogens (tertiary/aromatic N) is 1. The third kappa shape index (κ3) is 4.95. The summed E-state index contributed by atoms with van der Waals surface area (Å²) in [6, 6.07) is 0.828. The van der Waals surface area contributed by atoms with Crippen LogP contribution in [0.25, 0.3) is 0 Å². The van der Waals surface area contributed by atoms with E-state index in [1.807, 2.05) is 0 Å². The Morgan fingerprint density at radius 1 is 1.11 bits per heavy atom. The largest absolute Gasteiger partial charge is 0.379 e. The van der Waals surface area contributed by atoms with Gasteiger partial charge >= 0.3 is 0 Å². The van der Waals surface area contributed by atoms with Crippen LogP contribution < -0.4 is 0 Å². The third-order valence-corrected chi connectivity index (χ3v) is 6.31. The van der Waals surface area contributed by atoms with Gasteiger partial charge in [-0.1, -0.05) is 0 Å². The molecule has 0 N–H and O–H groups in total. The van der Waals surface area contributed by atoms with Crippen molar-refractivity contribution in [2.24, 2.45) is 5.92 Å². The summed E-state index contributed by atoms with van der Waals surface area (Å²) >= 11 is 4.29. The molecule has 106 valence electrons. The van der Waals surface area contributed by atoms with Gasteiger partial charge in [0.2, 0.25) is 0 Å². The molecule has 2 saturated heterocycles. The second-order valence-electron chi connectivity index (χ2n) is 5.67. The van der Waals surface area contributed by atoms with Crippen LogP contribution in [0.2, 0.25) is 0 Å². The summed E-state index contributed by atoms with van der Waals surface area (Å²) in [5.74, 6) is 6.19. The molecule has 0 aromatic rings. The Labute approximate surface area is 121 Å². The van der Waals surface area contributed by atoms with E-state index in [1.54, 1.807) is 0 Å². The molecular formula is C14H27NOS2. The van der Waals surface area contributed by atoms with Gasteiger partial charge in [0.25, 0.3) is 0 Å². The van der Waals surface area contributed by atoms with Gasteiger partial charge in [-0.2, -0.15) is 23.5 Å². The Kier molecular flexibility index (Phi) is 6.70. The topological polar surface area (TPSA) is 12.5 Å². The smallest absolute Gasteiger partial charge is 0.0519 e. The quantitative estimate of drug-likeness (QED) is 0.788. The molecule has 18 heavy (non-hydrogen) atoms. The SMILES string of the molecule is CC(C)OCC1CCN(C2CSCCSC2)CC1. The zero-order valence-electron chi connectivity index (χ0n) is 11.8. The molecule has 2 rings (SSSR count). The first-order valence-electron chi connectivity index (χ1n) is 7.27. The molecule has 2 aliphatic heterocycles. The zero-order chi connectivity index (χ0) is 12.8. The Balaban J connectivity index is 1.68. The van der Waals surface area contributed by atoms with E-state index < -0.39 is 0 Å². The molecule has 2 fully saturated rings. The van der Waals surface area contributed by atoms with Gasteiger partial charge < -0.3 is 4.74 Å². The first kappa shape index (κ1) is 15.0. The maximum atomic E-state index is 5.76. The van der Waals surface area contributed by atoms with Crippen LogP contribution in [0, 0.1) is 5.92 Å². The first-order valence-corrected chi connectivity index (χ1v) is 9.58. The zero-order valence-corrected chi connectivity index (χ0v) is 13.4. The van der Waals surface area contributed by atoms with Gasteiger partial charge in [0.1, 0.15) is 0 Å².